The highest BCUT2D eigenvalue weighted by atomic mass is 35.5. The second-order valence-electron chi connectivity index (χ2n) is 7.59. The Morgan fingerprint density at radius 3 is 2.28 bits per heavy atom. The van der Waals surface area contributed by atoms with Crippen molar-refractivity contribution < 1.29 is 4.79 Å². The molecule has 0 unspecified atom stereocenters. The van der Waals surface area contributed by atoms with Crippen molar-refractivity contribution in [2.75, 3.05) is 5.32 Å². The molecule has 0 spiro atoms. The van der Waals surface area contributed by atoms with Crippen molar-refractivity contribution in [1.82, 2.24) is 4.57 Å². The summed E-state index contributed by atoms with van der Waals surface area (Å²) in [5.41, 5.74) is 2.16. The van der Waals surface area contributed by atoms with Crippen molar-refractivity contribution in [1.29, 1.82) is 0 Å². The number of aromatic nitrogens is 1. The van der Waals surface area contributed by atoms with Crippen molar-refractivity contribution in [2.45, 2.75) is 0 Å². The topological polar surface area (TPSA) is 51.1 Å². The van der Waals surface area contributed by atoms with Crippen LogP contribution < -0.4 is 10.7 Å². The minimum absolute atomic E-state index is 0.135. The Bertz CT molecular complexity index is 1560. The van der Waals surface area contributed by atoms with Gasteiger partial charge in [-0.15, -0.1) is 0 Å². The Kier molecular flexibility index (Phi) is 5.00. The molecule has 5 rings (SSSR count). The summed E-state index contributed by atoms with van der Waals surface area (Å²) >= 11 is 6.26. The fraction of sp³-hybridized carbons (Fsp3) is 0.0370. The number of pyridine rings is 1. The Morgan fingerprint density at radius 1 is 0.812 bits per heavy atom. The number of halogens is 1. The number of nitrogens with one attached hydrogen (secondary N) is 1. The van der Waals surface area contributed by atoms with Crippen LogP contribution in [0.4, 0.5) is 5.82 Å². The minimum atomic E-state index is -0.373. The van der Waals surface area contributed by atoms with Crippen LogP contribution in [0.25, 0.3) is 32.8 Å². The summed E-state index contributed by atoms with van der Waals surface area (Å²) < 4.78 is 1.85. The lowest BCUT2D eigenvalue weighted by atomic mass is 9.96. The van der Waals surface area contributed by atoms with Gasteiger partial charge in [0.15, 0.2) is 5.43 Å². The second kappa shape index (κ2) is 7.98. The maximum atomic E-state index is 13.7. The van der Waals surface area contributed by atoms with Crippen molar-refractivity contribution in [3.05, 3.63) is 112 Å². The van der Waals surface area contributed by atoms with E-state index in [9.17, 15) is 9.59 Å². The fourth-order valence-corrected chi connectivity index (χ4v) is 4.37. The Hall–Kier alpha value is -3.89. The highest BCUT2D eigenvalue weighted by Crippen LogP contribution is 2.33. The normalized spacial score (nSPS) is 11.1. The van der Waals surface area contributed by atoms with Crippen LogP contribution >= 0.6 is 11.6 Å². The molecule has 1 aromatic heterocycles. The number of fused-ring (bicyclic) bond motifs is 2. The maximum absolute atomic E-state index is 13.7. The van der Waals surface area contributed by atoms with E-state index in [1.54, 1.807) is 24.3 Å². The summed E-state index contributed by atoms with van der Waals surface area (Å²) in [6.45, 7) is 0. The molecule has 1 amide bonds. The number of hydrogen-bond acceptors (Lipinski definition) is 2. The molecule has 0 atom stereocenters. The van der Waals surface area contributed by atoms with E-state index in [-0.39, 0.29) is 11.3 Å². The van der Waals surface area contributed by atoms with E-state index in [4.69, 9.17) is 11.6 Å². The van der Waals surface area contributed by atoms with Crippen LogP contribution in [-0.2, 0) is 7.05 Å². The third-order valence-electron chi connectivity index (χ3n) is 5.72. The van der Waals surface area contributed by atoms with Gasteiger partial charge in [-0.1, -0.05) is 78.3 Å². The van der Waals surface area contributed by atoms with Crippen molar-refractivity contribution in [3.63, 3.8) is 0 Å². The number of carbonyl (C=O) groups is 1. The first kappa shape index (κ1) is 20.0. The summed E-state index contributed by atoms with van der Waals surface area (Å²) in [4.78, 5) is 26.9. The average molecular weight is 439 g/mol. The molecule has 0 bridgehead atoms. The van der Waals surface area contributed by atoms with Crippen LogP contribution in [0, 0.1) is 0 Å². The van der Waals surface area contributed by atoms with Gasteiger partial charge in [0.25, 0.3) is 5.91 Å². The minimum Gasteiger partial charge on any atom is -0.330 e. The molecule has 1 N–H and O–H groups in total. The number of hydrogen-bond donors (Lipinski definition) is 1. The molecule has 4 nitrogen and oxygen atoms in total. The molecule has 0 aliphatic rings. The van der Waals surface area contributed by atoms with Gasteiger partial charge in [0.2, 0.25) is 0 Å². The molecule has 5 heteroatoms. The van der Waals surface area contributed by atoms with Gasteiger partial charge in [-0.3, -0.25) is 9.59 Å². The van der Waals surface area contributed by atoms with Gasteiger partial charge in [-0.2, -0.15) is 0 Å². The summed E-state index contributed by atoms with van der Waals surface area (Å²) in [7, 11) is 1.85. The number of para-hydroxylation sites is 1. The van der Waals surface area contributed by atoms with E-state index in [2.05, 4.69) is 5.32 Å². The highest BCUT2D eigenvalue weighted by Gasteiger charge is 2.21. The van der Waals surface area contributed by atoms with Crippen molar-refractivity contribution in [3.8, 4) is 11.1 Å². The van der Waals surface area contributed by atoms with Crippen molar-refractivity contribution >= 4 is 45.0 Å². The number of anilines is 1. The zero-order chi connectivity index (χ0) is 22.2. The number of carbonyl (C=O) groups excluding carboxylic acids is 1. The fourth-order valence-electron chi connectivity index (χ4n) is 4.15. The van der Waals surface area contributed by atoms with Gasteiger partial charge in [-0.05, 0) is 40.6 Å². The maximum Gasteiger partial charge on any atom is 0.258 e. The first-order valence-corrected chi connectivity index (χ1v) is 10.6. The molecular formula is C27H19ClN2O2. The van der Waals surface area contributed by atoms with Gasteiger partial charge in [0.05, 0.1) is 21.7 Å². The van der Waals surface area contributed by atoms with Crippen LogP contribution in [-0.4, -0.2) is 10.5 Å². The number of nitrogens with zero attached hydrogens (tertiary/aromatic N) is 1. The molecule has 0 radical (unpaired) electrons. The quantitative estimate of drug-likeness (QED) is 0.361. The van der Waals surface area contributed by atoms with Crippen LogP contribution in [0.15, 0.2) is 95.8 Å². The zero-order valence-electron chi connectivity index (χ0n) is 17.3. The van der Waals surface area contributed by atoms with E-state index in [0.717, 1.165) is 21.9 Å². The number of amides is 1. The zero-order valence-corrected chi connectivity index (χ0v) is 18.1. The highest BCUT2D eigenvalue weighted by molar-refractivity contribution is 6.34. The molecule has 0 aliphatic carbocycles. The summed E-state index contributed by atoms with van der Waals surface area (Å²) in [6.07, 6.45) is 0. The smallest absolute Gasteiger partial charge is 0.258 e. The largest absolute Gasteiger partial charge is 0.330 e. The molecule has 32 heavy (non-hydrogen) atoms. The molecule has 1 heterocycles. The van der Waals surface area contributed by atoms with Crippen LogP contribution in [0.1, 0.15) is 10.4 Å². The lowest BCUT2D eigenvalue weighted by Crippen LogP contribution is -2.21. The summed E-state index contributed by atoms with van der Waals surface area (Å²) in [6, 6.07) is 28.0. The predicted molar refractivity (Wildman–Crippen MR) is 132 cm³/mol. The van der Waals surface area contributed by atoms with E-state index < -0.39 is 0 Å². The SMILES string of the molecule is Cn1c(NC(=O)c2ccccc2Cl)c(-c2cccc3ccccc23)c(=O)c2ccccc21. The monoisotopic (exact) mass is 438 g/mol. The van der Waals surface area contributed by atoms with Crippen molar-refractivity contribution in [2.24, 2.45) is 7.05 Å². The molecule has 0 aliphatic heterocycles. The number of rotatable bonds is 3. The van der Waals surface area contributed by atoms with Crippen LogP contribution in [0.2, 0.25) is 5.02 Å². The molecule has 0 saturated heterocycles. The Morgan fingerprint density at radius 2 is 1.47 bits per heavy atom. The number of benzene rings is 4. The van der Waals surface area contributed by atoms with E-state index in [1.807, 2.05) is 78.3 Å². The van der Waals surface area contributed by atoms with Gasteiger partial charge >= 0.3 is 0 Å². The van der Waals surface area contributed by atoms with E-state index >= 15 is 0 Å². The van der Waals surface area contributed by atoms with Gasteiger partial charge in [0, 0.05) is 12.4 Å². The second-order valence-corrected chi connectivity index (χ2v) is 8.00. The van der Waals surface area contributed by atoms with Gasteiger partial charge in [-0.25, -0.2) is 0 Å². The van der Waals surface area contributed by atoms with Gasteiger partial charge < -0.3 is 9.88 Å². The lowest BCUT2D eigenvalue weighted by Gasteiger charge is -2.19. The molecule has 0 saturated carbocycles. The molecule has 5 aromatic rings. The molecule has 156 valence electrons. The lowest BCUT2D eigenvalue weighted by molar-refractivity contribution is 0.102. The Balaban J connectivity index is 1.82. The standard InChI is InChI=1S/C27H19ClN2O2/c1-30-23-16-7-5-13-21(23)25(31)24(19-14-8-10-17-9-2-3-11-18(17)19)26(30)29-27(32)20-12-4-6-15-22(20)28/h2-16H,1H3,(H,29,32). The molecular weight excluding hydrogens is 420 g/mol. The molecule has 0 fully saturated rings. The van der Waals surface area contributed by atoms with Gasteiger partial charge in [0.1, 0.15) is 5.82 Å². The molecule has 4 aromatic carbocycles. The number of aryl methyl sites for hydroxylation is 1. The summed E-state index contributed by atoms with van der Waals surface area (Å²) in [5.74, 6) is 0.0531. The first-order chi connectivity index (χ1) is 15.6. The average Bonchev–Trinajstić information content (AvgIpc) is 2.82. The third-order valence-corrected chi connectivity index (χ3v) is 6.05. The van der Waals surface area contributed by atoms with E-state index in [1.165, 1.54) is 0 Å². The predicted octanol–water partition coefficient (Wildman–Crippen LogP) is 6.26. The first-order valence-electron chi connectivity index (χ1n) is 10.2. The van der Waals surface area contributed by atoms with Crippen LogP contribution in [0.5, 0.6) is 0 Å². The van der Waals surface area contributed by atoms with Crippen LogP contribution in [0.3, 0.4) is 0 Å². The van der Waals surface area contributed by atoms with E-state index in [0.29, 0.717) is 27.4 Å². The Labute approximate surface area is 189 Å². The third kappa shape index (κ3) is 3.26. The summed E-state index contributed by atoms with van der Waals surface area (Å²) in [5, 5.41) is 5.87.